The zero-order valence-electron chi connectivity index (χ0n) is 11.9. The SMILES string of the molecule is Cc1ccc(S(=O)(=O)Oc2nc(C)cc(C)c2C#N)cc1. The summed E-state index contributed by atoms with van der Waals surface area (Å²) in [6, 6.07) is 9.89. The van der Waals surface area contributed by atoms with Crippen LogP contribution in [0.2, 0.25) is 0 Å². The second kappa shape index (κ2) is 5.54. The Morgan fingerprint density at radius 1 is 1.14 bits per heavy atom. The fourth-order valence-electron chi connectivity index (χ4n) is 1.86. The van der Waals surface area contributed by atoms with Gasteiger partial charge < -0.3 is 4.18 Å². The fraction of sp³-hybridized carbons (Fsp3) is 0.200. The van der Waals surface area contributed by atoms with Crippen molar-refractivity contribution in [3.8, 4) is 11.9 Å². The van der Waals surface area contributed by atoms with Gasteiger partial charge in [-0.2, -0.15) is 13.7 Å². The fourth-order valence-corrected chi connectivity index (χ4v) is 2.75. The van der Waals surface area contributed by atoms with Crippen LogP contribution in [0, 0.1) is 32.1 Å². The molecule has 0 aliphatic rings. The maximum atomic E-state index is 12.2. The van der Waals surface area contributed by atoms with Gasteiger partial charge in [-0.1, -0.05) is 17.7 Å². The van der Waals surface area contributed by atoms with Crippen LogP contribution in [0.3, 0.4) is 0 Å². The molecule has 0 aliphatic carbocycles. The molecule has 2 rings (SSSR count). The zero-order valence-corrected chi connectivity index (χ0v) is 12.7. The molecule has 0 saturated heterocycles. The topological polar surface area (TPSA) is 80.1 Å². The molecule has 0 unspecified atom stereocenters. The molecule has 0 amide bonds. The number of hydrogen-bond donors (Lipinski definition) is 0. The van der Waals surface area contributed by atoms with Gasteiger partial charge in [-0.05, 0) is 44.5 Å². The first-order chi connectivity index (χ1) is 9.83. The highest BCUT2D eigenvalue weighted by atomic mass is 32.2. The molecule has 0 fully saturated rings. The summed E-state index contributed by atoms with van der Waals surface area (Å²) in [5.41, 5.74) is 2.27. The van der Waals surface area contributed by atoms with Crippen LogP contribution in [0.25, 0.3) is 0 Å². The van der Waals surface area contributed by atoms with E-state index in [9.17, 15) is 8.42 Å². The number of hydrogen-bond acceptors (Lipinski definition) is 5. The van der Waals surface area contributed by atoms with Gasteiger partial charge in [0.1, 0.15) is 16.5 Å². The molecule has 0 bridgehead atoms. The molecule has 2 aromatic rings. The Hall–Kier alpha value is -2.39. The standard InChI is InChI=1S/C15H14N2O3S/c1-10-4-6-13(7-5-10)21(18,19)20-15-14(9-16)11(2)8-12(3)17-15/h4-8H,1-3H3. The van der Waals surface area contributed by atoms with Crippen molar-refractivity contribution in [2.24, 2.45) is 0 Å². The van der Waals surface area contributed by atoms with Crippen molar-refractivity contribution >= 4 is 10.1 Å². The highest BCUT2D eigenvalue weighted by Gasteiger charge is 2.20. The lowest BCUT2D eigenvalue weighted by Gasteiger charge is -2.10. The molecule has 1 aromatic heterocycles. The number of pyridine rings is 1. The predicted molar refractivity (Wildman–Crippen MR) is 77.4 cm³/mol. The van der Waals surface area contributed by atoms with E-state index < -0.39 is 10.1 Å². The average molecular weight is 302 g/mol. The third-order valence-electron chi connectivity index (χ3n) is 2.92. The van der Waals surface area contributed by atoms with Crippen molar-refractivity contribution in [3.05, 3.63) is 52.7 Å². The van der Waals surface area contributed by atoms with E-state index in [1.807, 2.05) is 13.0 Å². The zero-order chi connectivity index (χ0) is 15.6. The van der Waals surface area contributed by atoms with E-state index in [1.54, 1.807) is 32.0 Å². The Morgan fingerprint density at radius 2 is 1.76 bits per heavy atom. The number of nitrogens with zero attached hydrogens (tertiary/aromatic N) is 2. The van der Waals surface area contributed by atoms with E-state index >= 15 is 0 Å². The van der Waals surface area contributed by atoms with Gasteiger partial charge in [0.15, 0.2) is 0 Å². The molecule has 0 radical (unpaired) electrons. The van der Waals surface area contributed by atoms with Crippen molar-refractivity contribution in [3.63, 3.8) is 0 Å². The van der Waals surface area contributed by atoms with Crippen LogP contribution in [0.1, 0.15) is 22.4 Å². The molecular weight excluding hydrogens is 288 g/mol. The van der Waals surface area contributed by atoms with Crippen LogP contribution < -0.4 is 4.18 Å². The maximum Gasteiger partial charge on any atom is 0.340 e. The highest BCUT2D eigenvalue weighted by molar-refractivity contribution is 7.87. The molecule has 21 heavy (non-hydrogen) atoms. The molecule has 0 saturated carbocycles. The molecular formula is C15H14N2O3S. The second-order valence-corrected chi connectivity index (χ2v) is 6.27. The van der Waals surface area contributed by atoms with Crippen molar-refractivity contribution in [1.29, 1.82) is 5.26 Å². The van der Waals surface area contributed by atoms with E-state index in [4.69, 9.17) is 9.44 Å². The second-order valence-electron chi connectivity index (χ2n) is 4.72. The Morgan fingerprint density at radius 3 is 2.33 bits per heavy atom. The van der Waals surface area contributed by atoms with Gasteiger partial charge in [-0.3, -0.25) is 0 Å². The summed E-state index contributed by atoms with van der Waals surface area (Å²) in [6.07, 6.45) is 0. The molecule has 0 spiro atoms. The highest BCUT2D eigenvalue weighted by Crippen LogP contribution is 2.24. The van der Waals surface area contributed by atoms with Gasteiger partial charge in [0.25, 0.3) is 5.88 Å². The number of aromatic nitrogens is 1. The normalized spacial score (nSPS) is 11.0. The quantitative estimate of drug-likeness (QED) is 0.814. The first-order valence-corrected chi connectivity index (χ1v) is 7.64. The predicted octanol–water partition coefficient (Wildman–Crippen LogP) is 2.65. The Labute approximate surface area is 124 Å². The van der Waals surface area contributed by atoms with E-state index in [0.29, 0.717) is 11.3 Å². The number of benzene rings is 1. The summed E-state index contributed by atoms with van der Waals surface area (Å²) in [5, 5.41) is 9.13. The van der Waals surface area contributed by atoms with Crippen molar-refractivity contribution in [2.75, 3.05) is 0 Å². The van der Waals surface area contributed by atoms with Crippen molar-refractivity contribution in [2.45, 2.75) is 25.7 Å². The van der Waals surface area contributed by atoms with Gasteiger partial charge >= 0.3 is 10.1 Å². The average Bonchev–Trinajstić information content (AvgIpc) is 2.38. The van der Waals surface area contributed by atoms with Crippen LogP contribution in [-0.4, -0.2) is 13.4 Å². The smallest absolute Gasteiger partial charge is 0.340 e. The van der Waals surface area contributed by atoms with E-state index in [-0.39, 0.29) is 16.3 Å². The lowest BCUT2D eigenvalue weighted by atomic mass is 10.1. The summed E-state index contributed by atoms with van der Waals surface area (Å²) < 4.78 is 29.5. The van der Waals surface area contributed by atoms with Gasteiger partial charge in [-0.25, -0.2) is 4.98 Å². The number of rotatable bonds is 3. The number of aryl methyl sites for hydroxylation is 3. The third-order valence-corrected chi connectivity index (χ3v) is 4.15. The van der Waals surface area contributed by atoms with Crippen molar-refractivity contribution < 1.29 is 12.6 Å². The van der Waals surface area contributed by atoms with Crippen LogP contribution in [0.15, 0.2) is 35.2 Å². The molecule has 108 valence electrons. The monoisotopic (exact) mass is 302 g/mol. The first kappa shape index (κ1) is 15.0. The Balaban J connectivity index is 2.47. The lowest BCUT2D eigenvalue weighted by molar-refractivity contribution is 0.474. The van der Waals surface area contributed by atoms with Crippen LogP contribution >= 0.6 is 0 Å². The van der Waals surface area contributed by atoms with Crippen LogP contribution in [0.5, 0.6) is 5.88 Å². The Kier molecular flexibility index (Phi) is 3.96. The summed E-state index contributed by atoms with van der Waals surface area (Å²) in [6.45, 7) is 5.27. The molecule has 1 aromatic carbocycles. The van der Waals surface area contributed by atoms with Gasteiger partial charge in [0.2, 0.25) is 0 Å². The molecule has 6 heteroatoms. The van der Waals surface area contributed by atoms with E-state index in [2.05, 4.69) is 4.98 Å². The minimum Gasteiger partial charge on any atom is -0.357 e. The Bertz CT molecular complexity index is 819. The minimum absolute atomic E-state index is 0.0259. The van der Waals surface area contributed by atoms with E-state index in [1.165, 1.54) is 12.1 Å². The first-order valence-electron chi connectivity index (χ1n) is 6.23. The molecule has 0 atom stereocenters. The molecule has 1 heterocycles. The largest absolute Gasteiger partial charge is 0.357 e. The van der Waals surface area contributed by atoms with Gasteiger partial charge in [0, 0.05) is 5.69 Å². The van der Waals surface area contributed by atoms with Gasteiger partial charge in [0.05, 0.1) is 0 Å². The minimum atomic E-state index is -4.01. The molecule has 0 N–H and O–H groups in total. The summed E-state index contributed by atoms with van der Waals surface area (Å²) in [7, 11) is -4.01. The third kappa shape index (κ3) is 3.20. The number of nitriles is 1. The van der Waals surface area contributed by atoms with E-state index in [0.717, 1.165) is 5.56 Å². The summed E-state index contributed by atoms with van der Waals surface area (Å²) >= 11 is 0. The maximum absolute atomic E-state index is 12.2. The summed E-state index contributed by atoms with van der Waals surface area (Å²) in [4.78, 5) is 4.04. The van der Waals surface area contributed by atoms with Crippen molar-refractivity contribution in [1.82, 2.24) is 4.98 Å². The lowest BCUT2D eigenvalue weighted by Crippen LogP contribution is -2.12. The molecule has 5 nitrogen and oxygen atoms in total. The van der Waals surface area contributed by atoms with Gasteiger partial charge in [-0.15, -0.1) is 0 Å². The molecule has 0 aliphatic heterocycles. The van der Waals surface area contributed by atoms with Crippen LogP contribution in [0.4, 0.5) is 0 Å². The summed E-state index contributed by atoms with van der Waals surface area (Å²) in [5.74, 6) is -0.185. The van der Waals surface area contributed by atoms with Crippen LogP contribution in [-0.2, 0) is 10.1 Å².